The highest BCUT2D eigenvalue weighted by atomic mass is 19.3. The lowest BCUT2D eigenvalue weighted by atomic mass is 9.88. The minimum Gasteiger partial charge on any atom is -0.374 e. The Balaban J connectivity index is 2.15. The van der Waals surface area contributed by atoms with Gasteiger partial charge < -0.3 is 4.74 Å². The third-order valence-corrected chi connectivity index (χ3v) is 2.97. The van der Waals surface area contributed by atoms with Crippen molar-refractivity contribution < 1.29 is 13.5 Å². The van der Waals surface area contributed by atoms with Crippen LogP contribution in [0, 0.1) is 0 Å². The lowest BCUT2D eigenvalue weighted by Crippen LogP contribution is -2.65. The fraction of sp³-hybridized carbons (Fsp3) is 1.00. The van der Waals surface area contributed by atoms with Crippen LogP contribution in [0.2, 0.25) is 0 Å². The van der Waals surface area contributed by atoms with E-state index < -0.39 is 18.6 Å². The molecule has 0 amide bonds. The smallest absolute Gasteiger partial charge is 0.286 e. The highest BCUT2D eigenvalue weighted by Crippen LogP contribution is 2.41. The Kier molecular flexibility index (Phi) is 2.07. The summed E-state index contributed by atoms with van der Waals surface area (Å²) in [5, 5.41) is 0. The van der Waals surface area contributed by atoms with Gasteiger partial charge in [0.05, 0.1) is 12.6 Å². The van der Waals surface area contributed by atoms with Gasteiger partial charge in [-0.2, -0.15) is 0 Å². The normalized spacial score (nSPS) is 38.5. The SMILES string of the molecule is CC(C)N1[C@@H]2COCC(F)(F)[C@H]1C2. The molecule has 3 heterocycles. The van der Waals surface area contributed by atoms with Crippen LogP contribution in [-0.2, 0) is 4.74 Å². The van der Waals surface area contributed by atoms with E-state index in [1.54, 1.807) is 0 Å². The monoisotopic (exact) mass is 191 g/mol. The largest absolute Gasteiger partial charge is 0.374 e. The van der Waals surface area contributed by atoms with E-state index in [1.165, 1.54) is 0 Å². The number of hydrogen-bond donors (Lipinski definition) is 0. The number of rotatable bonds is 1. The van der Waals surface area contributed by atoms with Crippen molar-refractivity contribution in [2.45, 2.75) is 44.3 Å². The van der Waals surface area contributed by atoms with Crippen LogP contribution in [0.25, 0.3) is 0 Å². The highest BCUT2D eigenvalue weighted by Gasteiger charge is 2.56. The summed E-state index contributed by atoms with van der Waals surface area (Å²) in [5.74, 6) is -2.66. The van der Waals surface area contributed by atoms with Gasteiger partial charge in [0, 0.05) is 12.1 Å². The van der Waals surface area contributed by atoms with Gasteiger partial charge in [0.1, 0.15) is 6.61 Å². The van der Waals surface area contributed by atoms with Crippen molar-refractivity contribution in [3.05, 3.63) is 0 Å². The summed E-state index contributed by atoms with van der Waals surface area (Å²) >= 11 is 0. The molecule has 0 aromatic heterocycles. The second-order valence-corrected chi connectivity index (χ2v) is 4.22. The van der Waals surface area contributed by atoms with E-state index in [4.69, 9.17) is 4.74 Å². The number of nitrogens with zero attached hydrogens (tertiary/aromatic N) is 1. The predicted molar refractivity (Wildman–Crippen MR) is 44.9 cm³/mol. The maximum Gasteiger partial charge on any atom is 0.286 e. The average molecular weight is 191 g/mol. The van der Waals surface area contributed by atoms with Gasteiger partial charge in [0.15, 0.2) is 0 Å². The van der Waals surface area contributed by atoms with Crippen LogP contribution in [0.1, 0.15) is 20.3 Å². The summed E-state index contributed by atoms with van der Waals surface area (Å²) in [7, 11) is 0. The van der Waals surface area contributed by atoms with Crippen molar-refractivity contribution in [1.29, 1.82) is 0 Å². The quantitative estimate of drug-likeness (QED) is 0.622. The third kappa shape index (κ3) is 1.36. The Morgan fingerprint density at radius 2 is 2.15 bits per heavy atom. The van der Waals surface area contributed by atoms with E-state index in [1.807, 2.05) is 18.7 Å². The number of fused-ring (bicyclic) bond motifs is 3. The molecule has 0 radical (unpaired) electrons. The lowest BCUT2D eigenvalue weighted by molar-refractivity contribution is -0.144. The van der Waals surface area contributed by atoms with Gasteiger partial charge in [-0.05, 0) is 20.3 Å². The zero-order valence-electron chi connectivity index (χ0n) is 7.96. The third-order valence-electron chi connectivity index (χ3n) is 2.97. The zero-order chi connectivity index (χ0) is 9.64. The van der Waals surface area contributed by atoms with E-state index >= 15 is 0 Å². The molecule has 3 aliphatic heterocycles. The molecule has 3 aliphatic rings. The Labute approximate surface area is 76.9 Å². The number of alkyl halides is 2. The fourth-order valence-electron chi connectivity index (χ4n) is 2.37. The number of ether oxygens (including phenoxy) is 1. The average Bonchev–Trinajstić information content (AvgIpc) is 2.11. The molecule has 76 valence electrons. The van der Waals surface area contributed by atoms with Crippen LogP contribution in [0.15, 0.2) is 0 Å². The molecule has 0 aliphatic carbocycles. The molecular formula is C9H15F2NO. The fourth-order valence-corrected chi connectivity index (χ4v) is 2.37. The van der Waals surface area contributed by atoms with Gasteiger partial charge in [0.25, 0.3) is 5.92 Å². The second kappa shape index (κ2) is 2.89. The van der Waals surface area contributed by atoms with Crippen molar-refractivity contribution in [3.63, 3.8) is 0 Å². The van der Waals surface area contributed by atoms with Gasteiger partial charge in [-0.25, -0.2) is 8.78 Å². The van der Waals surface area contributed by atoms with E-state index in [0.29, 0.717) is 13.0 Å². The molecule has 0 N–H and O–H groups in total. The van der Waals surface area contributed by atoms with Gasteiger partial charge >= 0.3 is 0 Å². The lowest BCUT2D eigenvalue weighted by Gasteiger charge is -2.50. The Hall–Kier alpha value is -0.220. The summed E-state index contributed by atoms with van der Waals surface area (Å²) in [6.45, 7) is 3.97. The molecular weight excluding hydrogens is 176 g/mol. The first kappa shape index (κ1) is 9.34. The van der Waals surface area contributed by atoms with Crippen LogP contribution >= 0.6 is 0 Å². The van der Waals surface area contributed by atoms with Crippen LogP contribution in [0.4, 0.5) is 8.78 Å². The molecule has 2 bridgehead atoms. The van der Waals surface area contributed by atoms with Crippen molar-refractivity contribution in [2.75, 3.05) is 13.2 Å². The highest BCUT2D eigenvalue weighted by molar-refractivity contribution is 5.03. The minimum absolute atomic E-state index is 0.191. The number of hydrogen-bond acceptors (Lipinski definition) is 2. The van der Waals surface area contributed by atoms with Gasteiger partial charge in [-0.15, -0.1) is 0 Å². The van der Waals surface area contributed by atoms with Gasteiger partial charge in [0.2, 0.25) is 0 Å². The standard InChI is InChI=1S/C9H15F2NO/c1-6(2)12-7-3-8(12)9(10,11)5-13-4-7/h6-8H,3-5H2,1-2H3/t7-,8+/m0/s1. The van der Waals surface area contributed by atoms with Crippen LogP contribution in [-0.4, -0.2) is 42.2 Å². The summed E-state index contributed by atoms with van der Waals surface area (Å²) in [4.78, 5) is 1.88. The van der Waals surface area contributed by atoms with E-state index in [9.17, 15) is 8.78 Å². The number of halogens is 2. The Morgan fingerprint density at radius 3 is 2.77 bits per heavy atom. The first-order valence-corrected chi connectivity index (χ1v) is 4.75. The zero-order valence-corrected chi connectivity index (χ0v) is 7.96. The molecule has 0 unspecified atom stereocenters. The van der Waals surface area contributed by atoms with Gasteiger partial charge in [-0.1, -0.05) is 0 Å². The minimum atomic E-state index is -2.66. The van der Waals surface area contributed by atoms with Gasteiger partial charge in [-0.3, -0.25) is 4.90 Å². The van der Waals surface area contributed by atoms with E-state index in [-0.39, 0.29) is 12.1 Å². The maximum absolute atomic E-state index is 13.3. The molecule has 3 rings (SSSR count). The van der Waals surface area contributed by atoms with Crippen molar-refractivity contribution in [2.24, 2.45) is 0 Å². The van der Waals surface area contributed by atoms with Crippen molar-refractivity contribution >= 4 is 0 Å². The van der Waals surface area contributed by atoms with Crippen LogP contribution in [0.5, 0.6) is 0 Å². The van der Waals surface area contributed by atoms with Crippen LogP contribution in [0.3, 0.4) is 0 Å². The molecule has 0 aromatic carbocycles. The molecule has 4 heteroatoms. The van der Waals surface area contributed by atoms with E-state index in [0.717, 1.165) is 0 Å². The molecule has 0 saturated carbocycles. The molecule has 0 spiro atoms. The molecule has 3 saturated heterocycles. The Morgan fingerprint density at radius 1 is 1.46 bits per heavy atom. The van der Waals surface area contributed by atoms with E-state index in [2.05, 4.69) is 0 Å². The summed E-state index contributed by atoms with van der Waals surface area (Å²) in [6, 6.07) is -0.172. The van der Waals surface area contributed by atoms with Crippen LogP contribution < -0.4 is 0 Å². The first-order valence-electron chi connectivity index (χ1n) is 4.75. The Bertz CT molecular complexity index is 208. The molecule has 0 aromatic rings. The molecule has 13 heavy (non-hydrogen) atoms. The predicted octanol–water partition coefficient (Wildman–Crippen LogP) is 1.50. The maximum atomic E-state index is 13.3. The molecule has 2 atom stereocenters. The van der Waals surface area contributed by atoms with Crippen molar-refractivity contribution in [3.8, 4) is 0 Å². The second-order valence-electron chi connectivity index (χ2n) is 4.22. The summed E-state index contributed by atoms with van der Waals surface area (Å²) in [6.07, 6.45) is 0.588. The topological polar surface area (TPSA) is 12.5 Å². The van der Waals surface area contributed by atoms with Crippen molar-refractivity contribution in [1.82, 2.24) is 4.90 Å². The summed E-state index contributed by atoms with van der Waals surface area (Å²) in [5.41, 5.74) is 0. The summed E-state index contributed by atoms with van der Waals surface area (Å²) < 4.78 is 31.6. The first-order chi connectivity index (χ1) is 6.02. The molecule has 2 nitrogen and oxygen atoms in total. The molecule has 3 fully saturated rings.